The first-order valence-electron chi connectivity index (χ1n) is 14.9. The van der Waals surface area contributed by atoms with Crippen LogP contribution in [-0.4, -0.2) is 58.0 Å². The van der Waals surface area contributed by atoms with Gasteiger partial charge in [-0.25, -0.2) is 0 Å². The number of para-hydroxylation sites is 2. The molecule has 3 aliphatic heterocycles. The van der Waals surface area contributed by atoms with Gasteiger partial charge in [0.1, 0.15) is 11.5 Å². The maximum atomic E-state index is 15.1. The Bertz CT molecular complexity index is 1930. The summed E-state index contributed by atoms with van der Waals surface area (Å²) < 4.78 is 21.9. The van der Waals surface area contributed by atoms with Gasteiger partial charge in [-0.05, 0) is 59.7 Å². The number of rotatable bonds is 8. The van der Waals surface area contributed by atoms with Crippen molar-refractivity contribution in [3.63, 3.8) is 0 Å². The van der Waals surface area contributed by atoms with Crippen molar-refractivity contribution in [1.82, 2.24) is 0 Å². The van der Waals surface area contributed by atoms with E-state index in [0.717, 1.165) is 11.3 Å². The Morgan fingerprint density at radius 2 is 1.30 bits per heavy atom. The molecule has 4 aromatic carbocycles. The number of nitrogens with one attached hydrogen (secondary N) is 1. The van der Waals surface area contributed by atoms with E-state index in [4.69, 9.17) is 18.9 Å². The van der Waals surface area contributed by atoms with E-state index in [-0.39, 0.29) is 11.6 Å². The van der Waals surface area contributed by atoms with Crippen LogP contribution in [0.15, 0.2) is 91.0 Å². The van der Waals surface area contributed by atoms with Gasteiger partial charge in [-0.3, -0.25) is 14.4 Å². The molecule has 1 saturated heterocycles. The van der Waals surface area contributed by atoms with Crippen LogP contribution in [0.25, 0.3) is 6.08 Å². The largest absolute Gasteiger partial charge is 0.493 e. The third kappa shape index (κ3) is 4.04. The summed E-state index contributed by atoms with van der Waals surface area (Å²) in [5.41, 5.74) is 1.86. The van der Waals surface area contributed by atoms with Crippen LogP contribution in [-0.2, 0) is 10.2 Å². The molecule has 0 bridgehead atoms. The van der Waals surface area contributed by atoms with Gasteiger partial charge in [0.15, 0.2) is 34.6 Å². The SMILES string of the molecule is COc1ccc(C(=O)[C@@H]2N3c4ccccc4C=CC3[C@H](C(=O)c3ccc(OC)c(OC)c3)[C@]23C(=O)Nc2ccccc23)cc1OC. The second kappa shape index (κ2) is 11.1. The van der Waals surface area contributed by atoms with Crippen molar-refractivity contribution in [2.75, 3.05) is 38.7 Å². The maximum Gasteiger partial charge on any atom is 0.238 e. The summed E-state index contributed by atoms with van der Waals surface area (Å²) >= 11 is 0. The number of carbonyl (C=O) groups excluding carboxylic acids is 3. The predicted octanol–water partition coefficient (Wildman–Crippen LogP) is 5.58. The van der Waals surface area contributed by atoms with E-state index >= 15 is 9.59 Å². The number of ketones is 2. The van der Waals surface area contributed by atoms with Crippen LogP contribution < -0.4 is 29.2 Å². The molecule has 1 spiro atoms. The van der Waals surface area contributed by atoms with Gasteiger partial charge in [0.2, 0.25) is 5.91 Å². The Balaban J connectivity index is 1.51. The highest BCUT2D eigenvalue weighted by molar-refractivity contribution is 6.20. The van der Waals surface area contributed by atoms with Crippen LogP contribution in [0.1, 0.15) is 31.8 Å². The molecule has 0 radical (unpaired) electrons. The molecular formula is C37H32N2O7. The summed E-state index contributed by atoms with van der Waals surface area (Å²) in [7, 11) is 6.06. The topological polar surface area (TPSA) is 103 Å². The van der Waals surface area contributed by atoms with E-state index in [9.17, 15) is 4.79 Å². The number of fused-ring (bicyclic) bond motifs is 5. The lowest BCUT2D eigenvalue weighted by molar-refractivity contribution is -0.121. The van der Waals surface area contributed by atoms with Crippen molar-refractivity contribution in [2.24, 2.45) is 5.92 Å². The number of hydrogen-bond donors (Lipinski definition) is 1. The van der Waals surface area contributed by atoms with E-state index in [1.54, 1.807) is 42.5 Å². The third-order valence-corrected chi connectivity index (χ3v) is 9.41. The lowest BCUT2D eigenvalue weighted by Gasteiger charge is -2.37. The van der Waals surface area contributed by atoms with Crippen molar-refractivity contribution >= 4 is 34.9 Å². The van der Waals surface area contributed by atoms with Crippen LogP contribution in [0.5, 0.6) is 23.0 Å². The molecule has 9 heteroatoms. The molecule has 0 aromatic heterocycles. The smallest absolute Gasteiger partial charge is 0.238 e. The average molecular weight is 617 g/mol. The van der Waals surface area contributed by atoms with Crippen molar-refractivity contribution < 1.29 is 33.3 Å². The molecule has 7 rings (SSSR count). The van der Waals surface area contributed by atoms with Crippen LogP contribution in [0.4, 0.5) is 11.4 Å². The minimum atomic E-state index is -1.60. The Hall–Kier alpha value is -5.57. The van der Waals surface area contributed by atoms with Crippen LogP contribution in [0.2, 0.25) is 0 Å². The summed E-state index contributed by atoms with van der Waals surface area (Å²) in [4.78, 5) is 46.7. The summed E-state index contributed by atoms with van der Waals surface area (Å²) in [5, 5.41) is 3.03. The van der Waals surface area contributed by atoms with Crippen molar-refractivity contribution in [1.29, 1.82) is 0 Å². The van der Waals surface area contributed by atoms with Gasteiger partial charge in [-0.15, -0.1) is 0 Å². The van der Waals surface area contributed by atoms with E-state index in [1.165, 1.54) is 28.4 Å². The zero-order valence-corrected chi connectivity index (χ0v) is 25.8. The molecule has 4 aromatic rings. The highest BCUT2D eigenvalue weighted by atomic mass is 16.5. The molecule has 9 nitrogen and oxygen atoms in total. The first kappa shape index (κ1) is 29.2. The molecule has 1 unspecified atom stereocenters. The van der Waals surface area contributed by atoms with Crippen LogP contribution in [0, 0.1) is 5.92 Å². The van der Waals surface area contributed by atoms with Gasteiger partial charge in [-0.2, -0.15) is 0 Å². The molecule has 3 heterocycles. The number of nitrogens with zero attached hydrogens (tertiary/aromatic N) is 1. The fraction of sp³-hybridized carbons (Fsp3) is 0.216. The number of methoxy groups -OCH3 is 4. The molecule has 232 valence electrons. The molecule has 0 saturated carbocycles. The predicted molar refractivity (Wildman–Crippen MR) is 174 cm³/mol. The highest BCUT2D eigenvalue weighted by Gasteiger charge is 2.71. The molecule has 1 N–H and O–H groups in total. The van der Waals surface area contributed by atoms with Crippen LogP contribution in [0.3, 0.4) is 0 Å². The highest BCUT2D eigenvalue weighted by Crippen LogP contribution is 2.58. The number of amides is 1. The van der Waals surface area contributed by atoms with E-state index in [1.807, 2.05) is 59.5 Å². The van der Waals surface area contributed by atoms with Gasteiger partial charge in [0.05, 0.1) is 40.4 Å². The molecule has 46 heavy (non-hydrogen) atoms. The zero-order valence-electron chi connectivity index (χ0n) is 25.8. The van der Waals surface area contributed by atoms with Gasteiger partial charge in [-0.1, -0.05) is 48.6 Å². The monoisotopic (exact) mass is 616 g/mol. The minimum absolute atomic E-state index is 0.297. The lowest BCUT2D eigenvalue weighted by Crippen LogP contribution is -2.55. The quantitative estimate of drug-likeness (QED) is 0.256. The van der Waals surface area contributed by atoms with E-state index < -0.39 is 29.3 Å². The van der Waals surface area contributed by atoms with E-state index in [2.05, 4.69) is 5.32 Å². The van der Waals surface area contributed by atoms with Gasteiger partial charge < -0.3 is 29.2 Å². The number of ether oxygens (including phenoxy) is 4. The van der Waals surface area contributed by atoms with Crippen LogP contribution >= 0.6 is 0 Å². The Morgan fingerprint density at radius 3 is 1.96 bits per heavy atom. The number of carbonyl (C=O) groups is 3. The molecule has 0 aliphatic carbocycles. The summed E-state index contributed by atoms with van der Waals surface area (Å²) in [6, 6.07) is 23.2. The number of anilines is 2. The first-order chi connectivity index (χ1) is 22.4. The van der Waals surface area contributed by atoms with Crippen molar-refractivity contribution in [2.45, 2.75) is 17.5 Å². The minimum Gasteiger partial charge on any atom is -0.493 e. The third-order valence-electron chi connectivity index (χ3n) is 9.41. The summed E-state index contributed by atoms with van der Waals surface area (Å²) in [6.07, 6.45) is 3.89. The van der Waals surface area contributed by atoms with Gasteiger partial charge in [0, 0.05) is 22.5 Å². The fourth-order valence-corrected chi connectivity index (χ4v) is 7.45. The second-order valence-corrected chi connectivity index (χ2v) is 11.4. The maximum absolute atomic E-state index is 15.1. The standard InChI is InChI=1S/C37H32N2O7/c1-43-28-17-14-22(19-30(28)45-3)33(40)32-27-16-13-21-9-5-8-12-26(21)39(27)35(34(41)23-15-18-29(44-2)31(20-23)46-4)37(32)24-10-6-7-11-25(24)38-36(37)42/h5-20,27,32,35H,1-4H3,(H,38,42)/t27?,32-,35+,37+/m1/s1. The van der Waals surface area contributed by atoms with Gasteiger partial charge in [0.25, 0.3) is 0 Å². The molecule has 1 fully saturated rings. The van der Waals surface area contributed by atoms with Crippen molar-refractivity contribution in [3.05, 3.63) is 113 Å². The Kier molecular flexibility index (Phi) is 7.04. The van der Waals surface area contributed by atoms with Crippen molar-refractivity contribution in [3.8, 4) is 23.0 Å². The summed E-state index contributed by atoms with van der Waals surface area (Å²) in [6.45, 7) is 0. The average Bonchev–Trinajstić information content (AvgIpc) is 3.58. The molecule has 1 amide bonds. The lowest BCUT2D eigenvalue weighted by atomic mass is 9.63. The number of benzene rings is 4. The first-order valence-corrected chi connectivity index (χ1v) is 14.9. The second-order valence-electron chi connectivity index (χ2n) is 11.4. The summed E-state index contributed by atoms with van der Waals surface area (Å²) in [5.74, 6) is -0.325. The number of hydrogen-bond acceptors (Lipinski definition) is 8. The fourth-order valence-electron chi connectivity index (χ4n) is 7.45. The molecular weight excluding hydrogens is 584 g/mol. The molecule has 3 aliphatic rings. The number of Topliss-reactive ketones (excluding diaryl/α,β-unsaturated/α-hetero) is 2. The Morgan fingerprint density at radius 1 is 0.717 bits per heavy atom. The van der Waals surface area contributed by atoms with E-state index in [0.29, 0.717) is 45.4 Å². The molecule has 4 atom stereocenters. The van der Waals surface area contributed by atoms with Gasteiger partial charge >= 0.3 is 0 Å². The zero-order chi connectivity index (χ0) is 32.2. The Labute approximate surface area is 266 Å². The normalized spacial score (nSPS) is 22.0.